The third-order valence-electron chi connectivity index (χ3n) is 3.04. The van der Waals surface area contributed by atoms with Crippen LogP contribution in [0, 0.1) is 22.7 Å². The van der Waals surface area contributed by atoms with E-state index in [9.17, 15) is 4.79 Å². The first-order chi connectivity index (χ1) is 9.21. The van der Waals surface area contributed by atoms with Gasteiger partial charge < -0.3 is 15.5 Å². The molecule has 6 nitrogen and oxygen atoms in total. The van der Waals surface area contributed by atoms with Crippen LogP contribution in [-0.4, -0.2) is 26.0 Å². The van der Waals surface area contributed by atoms with E-state index in [4.69, 9.17) is 10.5 Å². The molecule has 6 heteroatoms. The summed E-state index contributed by atoms with van der Waals surface area (Å²) in [6.07, 6.45) is 0. The molecule has 0 radical (unpaired) electrons. The molecule has 0 saturated carbocycles. The number of carbonyl (C=O) groups is 1. The lowest BCUT2D eigenvalue weighted by atomic mass is 10.1. The summed E-state index contributed by atoms with van der Waals surface area (Å²) in [5.41, 5.74) is 2.35. The van der Waals surface area contributed by atoms with E-state index in [1.807, 2.05) is 24.3 Å². The topological polar surface area (TPSA) is 91.9 Å². The van der Waals surface area contributed by atoms with Crippen LogP contribution in [0.1, 0.15) is 11.6 Å². The molecule has 1 atom stereocenters. The minimum atomic E-state index is -0.343. The molecule has 1 aromatic rings. The van der Waals surface area contributed by atoms with E-state index in [2.05, 4.69) is 10.6 Å². The third kappa shape index (κ3) is 2.35. The Labute approximate surface area is 111 Å². The van der Waals surface area contributed by atoms with E-state index in [1.54, 1.807) is 18.0 Å². The van der Waals surface area contributed by atoms with Crippen LogP contribution in [0.2, 0.25) is 0 Å². The van der Waals surface area contributed by atoms with Gasteiger partial charge in [0.15, 0.2) is 0 Å². The molecule has 1 amide bonds. The Hall–Kier alpha value is -2.57. The quantitative estimate of drug-likeness (QED) is 0.775. The number of rotatable bonds is 4. The molecule has 2 rings (SSSR count). The number of carbonyl (C=O) groups excluding carboxylic acids is 1. The summed E-state index contributed by atoms with van der Waals surface area (Å²) in [4.78, 5) is 13.4. The number of hydrogen-bond donors (Lipinski definition) is 2. The maximum absolute atomic E-state index is 11.7. The minimum absolute atomic E-state index is 0.0956. The summed E-state index contributed by atoms with van der Waals surface area (Å²) in [6.45, 7) is 0.269. The maximum Gasteiger partial charge on any atom is 0.246 e. The van der Waals surface area contributed by atoms with Crippen molar-refractivity contribution in [3.05, 3.63) is 23.8 Å². The molecule has 0 spiro atoms. The van der Waals surface area contributed by atoms with Crippen LogP contribution in [0.25, 0.3) is 0 Å². The number of nitrogens with zero attached hydrogens (tertiary/aromatic N) is 3. The second kappa shape index (κ2) is 5.38. The number of amides is 1. The van der Waals surface area contributed by atoms with Crippen molar-refractivity contribution in [2.24, 2.45) is 0 Å². The van der Waals surface area contributed by atoms with Crippen LogP contribution in [0.3, 0.4) is 0 Å². The number of hydrogen-bond acceptors (Lipinski definition) is 5. The molecule has 0 fully saturated rings. The second-order valence-electron chi connectivity index (χ2n) is 4.15. The molecule has 2 N–H and O–H groups in total. The van der Waals surface area contributed by atoms with Gasteiger partial charge in [-0.05, 0) is 19.2 Å². The molecule has 1 heterocycles. The maximum atomic E-state index is 11.7. The monoisotopic (exact) mass is 255 g/mol. The lowest BCUT2D eigenvalue weighted by Gasteiger charge is -2.19. The Balaban J connectivity index is 2.33. The predicted octanol–water partition coefficient (Wildman–Crippen LogP) is 0.753. The highest BCUT2D eigenvalue weighted by atomic mass is 16.2. The molecule has 96 valence electrons. The fourth-order valence-electron chi connectivity index (χ4n) is 2.14. The van der Waals surface area contributed by atoms with Crippen LogP contribution in [0.4, 0.5) is 11.4 Å². The lowest BCUT2D eigenvalue weighted by molar-refractivity contribution is -0.117. The summed E-state index contributed by atoms with van der Waals surface area (Å²) >= 11 is 0. The van der Waals surface area contributed by atoms with Crippen molar-refractivity contribution in [2.45, 2.75) is 6.04 Å². The Morgan fingerprint density at radius 2 is 2.05 bits per heavy atom. The summed E-state index contributed by atoms with van der Waals surface area (Å²) < 4.78 is 0. The number of likely N-dealkylation sites (N-methyl/N-ethyl adjacent to an activating group) is 1. The molecule has 1 unspecified atom stereocenters. The number of anilines is 2. The first-order valence-electron chi connectivity index (χ1n) is 5.82. The summed E-state index contributed by atoms with van der Waals surface area (Å²) in [6, 6.07) is 9.15. The van der Waals surface area contributed by atoms with Crippen molar-refractivity contribution in [1.82, 2.24) is 5.32 Å². The Morgan fingerprint density at radius 3 is 2.63 bits per heavy atom. The molecule has 1 aliphatic heterocycles. The van der Waals surface area contributed by atoms with Gasteiger partial charge in [0.25, 0.3) is 0 Å². The second-order valence-corrected chi connectivity index (χ2v) is 4.15. The molecular formula is C13H13N5O. The van der Waals surface area contributed by atoms with Gasteiger partial charge in [-0.15, -0.1) is 0 Å². The lowest BCUT2D eigenvalue weighted by Crippen LogP contribution is -2.24. The van der Waals surface area contributed by atoms with Gasteiger partial charge >= 0.3 is 0 Å². The first kappa shape index (κ1) is 12.9. The van der Waals surface area contributed by atoms with Crippen LogP contribution < -0.4 is 15.5 Å². The third-order valence-corrected chi connectivity index (χ3v) is 3.04. The smallest absolute Gasteiger partial charge is 0.246 e. The molecule has 0 bridgehead atoms. The van der Waals surface area contributed by atoms with Gasteiger partial charge in [0.1, 0.15) is 19.1 Å². The molecule has 0 aromatic heterocycles. The molecule has 1 aromatic carbocycles. The predicted molar refractivity (Wildman–Crippen MR) is 70.3 cm³/mol. The van der Waals surface area contributed by atoms with Gasteiger partial charge in [-0.2, -0.15) is 10.5 Å². The number of nitriles is 2. The highest BCUT2D eigenvalue weighted by Gasteiger charge is 2.29. The van der Waals surface area contributed by atoms with Crippen molar-refractivity contribution < 1.29 is 4.79 Å². The average Bonchev–Trinajstić information content (AvgIpc) is 2.72. The molecular weight excluding hydrogens is 242 g/mol. The Bertz CT molecular complexity index is 568. The average molecular weight is 255 g/mol. The van der Waals surface area contributed by atoms with Crippen molar-refractivity contribution in [3.8, 4) is 12.1 Å². The molecule has 0 saturated heterocycles. The zero-order valence-corrected chi connectivity index (χ0v) is 10.5. The number of benzene rings is 1. The van der Waals surface area contributed by atoms with Crippen LogP contribution in [0.15, 0.2) is 18.2 Å². The van der Waals surface area contributed by atoms with Crippen molar-refractivity contribution in [3.63, 3.8) is 0 Å². The van der Waals surface area contributed by atoms with E-state index in [0.717, 1.165) is 16.9 Å². The van der Waals surface area contributed by atoms with E-state index in [1.165, 1.54) is 0 Å². The van der Waals surface area contributed by atoms with Crippen LogP contribution in [-0.2, 0) is 4.79 Å². The highest BCUT2D eigenvalue weighted by molar-refractivity contribution is 6.03. The zero-order chi connectivity index (χ0) is 13.8. The normalized spacial score (nSPS) is 16.2. The fraction of sp³-hybridized carbons (Fsp3) is 0.308. The molecule has 0 aliphatic carbocycles. The van der Waals surface area contributed by atoms with Crippen molar-refractivity contribution in [1.29, 1.82) is 10.5 Å². The van der Waals surface area contributed by atoms with E-state index in [-0.39, 0.29) is 25.0 Å². The van der Waals surface area contributed by atoms with Crippen LogP contribution >= 0.6 is 0 Å². The number of fused-ring (bicyclic) bond motifs is 1. The van der Waals surface area contributed by atoms with Gasteiger partial charge in [0.05, 0.1) is 12.1 Å². The van der Waals surface area contributed by atoms with Crippen molar-refractivity contribution >= 4 is 17.3 Å². The Kier molecular flexibility index (Phi) is 3.65. The Morgan fingerprint density at radius 1 is 1.37 bits per heavy atom. The fourth-order valence-corrected chi connectivity index (χ4v) is 2.14. The number of nitrogens with one attached hydrogen (secondary N) is 2. The van der Waals surface area contributed by atoms with Gasteiger partial charge in [0, 0.05) is 16.9 Å². The van der Waals surface area contributed by atoms with Gasteiger partial charge in [0.2, 0.25) is 5.91 Å². The zero-order valence-electron chi connectivity index (χ0n) is 10.5. The van der Waals surface area contributed by atoms with E-state index in [0.29, 0.717) is 0 Å². The largest absolute Gasteiger partial charge is 0.345 e. The van der Waals surface area contributed by atoms with E-state index >= 15 is 0 Å². The first-order valence-corrected chi connectivity index (χ1v) is 5.82. The van der Waals surface area contributed by atoms with Crippen molar-refractivity contribution in [2.75, 3.05) is 30.4 Å². The SMILES string of the molecule is CNC1C(=O)Nc2cc(N(CC#N)CC#N)ccc21. The standard InChI is InChI=1S/C13H13N5O/c1-16-12-10-3-2-9(8-11(10)17-13(12)19)18(6-4-14)7-5-15/h2-3,8,12,16H,6-7H2,1H3,(H,17,19). The highest BCUT2D eigenvalue weighted by Crippen LogP contribution is 2.33. The van der Waals surface area contributed by atoms with Gasteiger partial charge in [-0.3, -0.25) is 4.79 Å². The van der Waals surface area contributed by atoms with Gasteiger partial charge in [-0.1, -0.05) is 6.07 Å². The molecule has 1 aliphatic rings. The van der Waals surface area contributed by atoms with Gasteiger partial charge in [-0.25, -0.2) is 0 Å². The van der Waals surface area contributed by atoms with E-state index < -0.39 is 0 Å². The minimum Gasteiger partial charge on any atom is -0.345 e. The summed E-state index contributed by atoms with van der Waals surface area (Å²) in [7, 11) is 1.73. The van der Waals surface area contributed by atoms with Crippen LogP contribution in [0.5, 0.6) is 0 Å². The molecule has 19 heavy (non-hydrogen) atoms. The summed E-state index contributed by atoms with van der Waals surface area (Å²) in [5.74, 6) is -0.0956. The summed E-state index contributed by atoms with van der Waals surface area (Å²) in [5, 5.41) is 23.2.